The summed E-state index contributed by atoms with van der Waals surface area (Å²) in [5.41, 5.74) is 0.780. The highest BCUT2D eigenvalue weighted by molar-refractivity contribution is 5.94. The topological polar surface area (TPSA) is 23.6 Å². The van der Waals surface area contributed by atoms with Crippen LogP contribution in [0.1, 0.15) is 46.0 Å². The molecule has 0 saturated carbocycles. The van der Waals surface area contributed by atoms with Crippen LogP contribution in [0.3, 0.4) is 0 Å². The van der Waals surface area contributed by atoms with Crippen LogP contribution in [0.25, 0.3) is 0 Å². The first-order valence-electron chi connectivity index (χ1n) is 7.97. The zero-order valence-corrected chi connectivity index (χ0v) is 13.0. The highest BCUT2D eigenvalue weighted by Crippen LogP contribution is 2.23. The van der Waals surface area contributed by atoms with Crippen LogP contribution in [-0.4, -0.2) is 30.1 Å². The van der Waals surface area contributed by atoms with Gasteiger partial charge in [0.25, 0.3) is 0 Å². The minimum atomic E-state index is -0.272. The van der Waals surface area contributed by atoms with Gasteiger partial charge in [-0.3, -0.25) is 4.90 Å². The minimum absolute atomic E-state index is 0.0459. The summed E-state index contributed by atoms with van der Waals surface area (Å²) >= 11 is 0. The molecule has 0 radical (unpaired) electrons. The standard InChI is InChI=1S/C17H25FN2O/c1-3-4-5-6-7-14(2)19-12-13-20(17(19)21)16-10-8-15(18)9-11-16/h8-11,14H,3-7,12-13H2,1-2H3. The number of anilines is 1. The second-order valence-corrected chi connectivity index (χ2v) is 5.80. The molecule has 3 nitrogen and oxygen atoms in total. The highest BCUT2D eigenvalue weighted by atomic mass is 19.1. The van der Waals surface area contributed by atoms with E-state index in [0.29, 0.717) is 6.54 Å². The molecule has 1 unspecified atom stereocenters. The monoisotopic (exact) mass is 292 g/mol. The number of halogens is 1. The van der Waals surface area contributed by atoms with E-state index in [0.717, 1.165) is 18.7 Å². The molecule has 4 heteroatoms. The third kappa shape index (κ3) is 3.96. The summed E-state index contributed by atoms with van der Waals surface area (Å²) in [6, 6.07) is 6.47. The van der Waals surface area contributed by atoms with E-state index in [9.17, 15) is 9.18 Å². The number of amides is 2. The van der Waals surface area contributed by atoms with Crippen molar-refractivity contribution < 1.29 is 9.18 Å². The van der Waals surface area contributed by atoms with Crippen LogP contribution >= 0.6 is 0 Å². The molecule has 1 fully saturated rings. The number of rotatable bonds is 7. The van der Waals surface area contributed by atoms with Crippen LogP contribution in [0.4, 0.5) is 14.9 Å². The molecule has 2 rings (SSSR count). The van der Waals surface area contributed by atoms with E-state index in [1.165, 1.54) is 37.8 Å². The lowest BCUT2D eigenvalue weighted by atomic mass is 10.1. The Morgan fingerprint density at radius 3 is 2.52 bits per heavy atom. The number of carbonyl (C=O) groups is 1. The van der Waals surface area contributed by atoms with E-state index in [4.69, 9.17) is 0 Å². The summed E-state index contributed by atoms with van der Waals surface area (Å²) in [4.78, 5) is 16.2. The van der Waals surface area contributed by atoms with Crippen LogP contribution in [0, 0.1) is 5.82 Å². The number of benzene rings is 1. The molecule has 116 valence electrons. The number of urea groups is 1. The van der Waals surface area contributed by atoms with Gasteiger partial charge in [0.15, 0.2) is 0 Å². The number of hydrogen-bond acceptors (Lipinski definition) is 1. The fourth-order valence-electron chi connectivity index (χ4n) is 2.85. The summed E-state index contributed by atoms with van der Waals surface area (Å²) in [5.74, 6) is -0.272. The Hall–Kier alpha value is -1.58. The van der Waals surface area contributed by atoms with Gasteiger partial charge in [-0.25, -0.2) is 9.18 Å². The molecular weight excluding hydrogens is 267 g/mol. The third-order valence-electron chi connectivity index (χ3n) is 4.19. The second-order valence-electron chi connectivity index (χ2n) is 5.80. The molecule has 1 atom stereocenters. The lowest BCUT2D eigenvalue weighted by molar-refractivity contribution is 0.200. The molecular formula is C17H25FN2O. The Kier molecular flexibility index (Phi) is 5.59. The predicted octanol–water partition coefficient (Wildman–Crippen LogP) is 4.43. The number of hydrogen-bond donors (Lipinski definition) is 0. The molecule has 1 aliphatic rings. The normalized spacial score (nSPS) is 16.6. The van der Waals surface area contributed by atoms with Gasteiger partial charge in [0, 0.05) is 24.8 Å². The highest BCUT2D eigenvalue weighted by Gasteiger charge is 2.32. The summed E-state index contributed by atoms with van der Waals surface area (Å²) in [5, 5.41) is 0. The van der Waals surface area contributed by atoms with Gasteiger partial charge in [0.05, 0.1) is 0 Å². The van der Waals surface area contributed by atoms with Crippen LogP contribution in [-0.2, 0) is 0 Å². The van der Waals surface area contributed by atoms with Gasteiger partial charge in [0.1, 0.15) is 5.82 Å². The van der Waals surface area contributed by atoms with Crippen LogP contribution in [0.2, 0.25) is 0 Å². The van der Waals surface area contributed by atoms with Crippen molar-refractivity contribution in [1.82, 2.24) is 4.90 Å². The van der Waals surface area contributed by atoms with E-state index in [1.807, 2.05) is 4.90 Å². The fourth-order valence-corrected chi connectivity index (χ4v) is 2.85. The van der Waals surface area contributed by atoms with Gasteiger partial charge >= 0.3 is 6.03 Å². The first-order valence-corrected chi connectivity index (χ1v) is 7.97. The Balaban J connectivity index is 1.90. The number of nitrogens with zero attached hydrogens (tertiary/aromatic N) is 2. The molecule has 0 N–H and O–H groups in total. The predicted molar refractivity (Wildman–Crippen MR) is 84.1 cm³/mol. The molecule has 1 aliphatic heterocycles. The van der Waals surface area contributed by atoms with Gasteiger partial charge in [0.2, 0.25) is 0 Å². The summed E-state index contributed by atoms with van der Waals surface area (Å²) in [7, 11) is 0. The molecule has 0 aromatic heterocycles. The molecule has 1 saturated heterocycles. The zero-order chi connectivity index (χ0) is 15.2. The van der Waals surface area contributed by atoms with Gasteiger partial charge < -0.3 is 4.90 Å². The van der Waals surface area contributed by atoms with E-state index in [2.05, 4.69) is 13.8 Å². The molecule has 21 heavy (non-hydrogen) atoms. The minimum Gasteiger partial charge on any atom is -0.320 e. The first kappa shape index (κ1) is 15.8. The summed E-state index contributed by atoms with van der Waals surface area (Å²) in [6.07, 6.45) is 5.97. The first-order chi connectivity index (χ1) is 10.1. The molecule has 1 heterocycles. The molecule has 0 spiro atoms. The second kappa shape index (κ2) is 7.43. The summed E-state index contributed by atoms with van der Waals surface area (Å²) in [6.45, 7) is 5.76. The average Bonchev–Trinajstić information content (AvgIpc) is 2.86. The van der Waals surface area contributed by atoms with Gasteiger partial charge in [-0.05, 0) is 37.6 Å². The van der Waals surface area contributed by atoms with Crippen molar-refractivity contribution in [2.24, 2.45) is 0 Å². The SMILES string of the molecule is CCCCCCC(C)N1CCN(c2ccc(F)cc2)C1=O. The lowest BCUT2D eigenvalue weighted by Crippen LogP contribution is -2.37. The maximum atomic E-state index is 13.0. The van der Waals surface area contributed by atoms with Crippen LogP contribution in [0.15, 0.2) is 24.3 Å². The van der Waals surface area contributed by atoms with Crippen molar-refractivity contribution in [3.63, 3.8) is 0 Å². The Morgan fingerprint density at radius 1 is 1.14 bits per heavy atom. The largest absolute Gasteiger partial charge is 0.324 e. The average molecular weight is 292 g/mol. The van der Waals surface area contributed by atoms with E-state index < -0.39 is 0 Å². The van der Waals surface area contributed by atoms with E-state index in [1.54, 1.807) is 17.0 Å². The summed E-state index contributed by atoms with van der Waals surface area (Å²) < 4.78 is 13.0. The molecule has 0 bridgehead atoms. The van der Waals surface area contributed by atoms with Crippen molar-refractivity contribution in [3.05, 3.63) is 30.1 Å². The van der Waals surface area contributed by atoms with Crippen molar-refractivity contribution in [2.45, 2.75) is 52.0 Å². The van der Waals surface area contributed by atoms with Crippen molar-refractivity contribution in [2.75, 3.05) is 18.0 Å². The van der Waals surface area contributed by atoms with Crippen LogP contribution in [0.5, 0.6) is 0 Å². The van der Waals surface area contributed by atoms with Gasteiger partial charge in [-0.15, -0.1) is 0 Å². The fraction of sp³-hybridized carbons (Fsp3) is 0.588. The Morgan fingerprint density at radius 2 is 1.86 bits per heavy atom. The molecule has 2 amide bonds. The smallest absolute Gasteiger partial charge is 0.320 e. The zero-order valence-electron chi connectivity index (χ0n) is 13.0. The molecule has 1 aromatic rings. The quantitative estimate of drug-likeness (QED) is 0.682. The van der Waals surface area contributed by atoms with Crippen molar-refractivity contribution in [1.29, 1.82) is 0 Å². The number of unbranched alkanes of at least 4 members (excludes halogenated alkanes) is 3. The van der Waals surface area contributed by atoms with E-state index >= 15 is 0 Å². The van der Waals surface area contributed by atoms with Crippen molar-refractivity contribution in [3.8, 4) is 0 Å². The van der Waals surface area contributed by atoms with Gasteiger partial charge in [-0.2, -0.15) is 0 Å². The van der Waals surface area contributed by atoms with Crippen molar-refractivity contribution >= 4 is 11.7 Å². The van der Waals surface area contributed by atoms with Crippen LogP contribution < -0.4 is 4.90 Å². The van der Waals surface area contributed by atoms with E-state index in [-0.39, 0.29) is 17.9 Å². The van der Waals surface area contributed by atoms with Gasteiger partial charge in [-0.1, -0.05) is 32.6 Å². The molecule has 1 aromatic carbocycles. The molecule has 0 aliphatic carbocycles. The Bertz CT molecular complexity index is 460. The maximum Gasteiger partial charge on any atom is 0.324 e. The lowest BCUT2D eigenvalue weighted by Gasteiger charge is -2.25. The third-order valence-corrected chi connectivity index (χ3v) is 4.19. The Labute approximate surface area is 126 Å². The maximum absolute atomic E-state index is 13.0. The number of carbonyl (C=O) groups excluding carboxylic acids is 1.